The van der Waals surface area contributed by atoms with Gasteiger partial charge in [-0.2, -0.15) is 0 Å². The number of benzene rings is 2. The van der Waals surface area contributed by atoms with Gasteiger partial charge in [-0.3, -0.25) is 4.72 Å². The molecule has 0 bridgehead atoms. The quantitative estimate of drug-likeness (QED) is 0.888. The number of nitrogens with one attached hydrogen (secondary N) is 2. The van der Waals surface area contributed by atoms with Crippen molar-refractivity contribution < 1.29 is 8.42 Å². The summed E-state index contributed by atoms with van der Waals surface area (Å²) >= 11 is 0. The number of para-hydroxylation sites is 2. The topological polar surface area (TPSA) is 58.2 Å². The summed E-state index contributed by atoms with van der Waals surface area (Å²) in [6.07, 6.45) is 1.15. The van der Waals surface area contributed by atoms with Crippen LogP contribution < -0.4 is 10.0 Å². The van der Waals surface area contributed by atoms with E-state index in [0.29, 0.717) is 5.69 Å². The van der Waals surface area contributed by atoms with Crippen molar-refractivity contribution in [2.75, 3.05) is 16.3 Å². The Morgan fingerprint density at radius 3 is 2.14 bits per heavy atom. The van der Waals surface area contributed by atoms with E-state index in [-0.39, 0.29) is 6.04 Å². The van der Waals surface area contributed by atoms with E-state index in [4.69, 9.17) is 0 Å². The lowest BCUT2D eigenvalue weighted by Gasteiger charge is -2.20. The first kappa shape index (κ1) is 15.4. The van der Waals surface area contributed by atoms with Crippen molar-refractivity contribution in [2.24, 2.45) is 0 Å². The Balaban J connectivity index is 2.26. The Morgan fingerprint density at radius 2 is 1.52 bits per heavy atom. The molecule has 1 atom stereocenters. The molecule has 0 aliphatic heterocycles. The molecule has 0 fully saturated rings. The lowest BCUT2D eigenvalue weighted by Crippen LogP contribution is -2.14. The van der Waals surface area contributed by atoms with Crippen molar-refractivity contribution in [3.8, 4) is 0 Å². The van der Waals surface area contributed by atoms with Gasteiger partial charge in [-0.15, -0.1) is 0 Å². The fraction of sp³-hybridized carbons (Fsp3) is 0.250. The van der Waals surface area contributed by atoms with Gasteiger partial charge in [0, 0.05) is 6.04 Å². The highest BCUT2D eigenvalue weighted by molar-refractivity contribution is 7.92. The molecule has 0 aliphatic carbocycles. The minimum Gasteiger partial charge on any atom is -0.377 e. The first-order valence-electron chi connectivity index (χ1n) is 6.76. The van der Waals surface area contributed by atoms with Gasteiger partial charge in [0.15, 0.2) is 0 Å². The number of hydrogen-bond acceptors (Lipinski definition) is 3. The number of anilines is 2. The van der Waals surface area contributed by atoms with Crippen LogP contribution in [0.4, 0.5) is 11.4 Å². The molecular formula is C16H20N2O2S. The molecule has 2 aromatic rings. The van der Waals surface area contributed by atoms with Crippen LogP contribution in [0, 0.1) is 6.92 Å². The summed E-state index contributed by atoms with van der Waals surface area (Å²) in [5, 5.41) is 3.36. The van der Waals surface area contributed by atoms with Crippen molar-refractivity contribution in [1.29, 1.82) is 0 Å². The maximum absolute atomic E-state index is 11.4. The second-order valence-electron chi connectivity index (χ2n) is 5.14. The van der Waals surface area contributed by atoms with Crippen LogP contribution in [0.3, 0.4) is 0 Å². The van der Waals surface area contributed by atoms with Crippen molar-refractivity contribution in [3.05, 3.63) is 59.7 Å². The normalized spacial score (nSPS) is 12.7. The number of sulfonamides is 1. The molecular weight excluding hydrogens is 284 g/mol. The average molecular weight is 304 g/mol. The van der Waals surface area contributed by atoms with Crippen LogP contribution in [0.15, 0.2) is 48.5 Å². The van der Waals surface area contributed by atoms with Crippen LogP contribution >= 0.6 is 0 Å². The monoisotopic (exact) mass is 304 g/mol. The van der Waals surface area contributed by atoms with Gasteiger partial charge < -0.3 is 5.32 Å². The van der Waals surface area contributed by atoms with Crippen molar-refractivity contribution in [1.82, 2.24) is 0 Å². The summed E-state index contributed by atoms with van der Waals surface area (Å²) in [4.78, 5) is 0. The smallest absolute Gasteiger partial charge is 0.229 e. The standard InChI is InChI=1S/C16H20N2O2S/c1-12-8-4-5-9-14(12)13(2)17-15-10-6-7-11-16(15)18-21(3,19)20/h4-11,13,17-18H,1-3H3. The Kier molecular flexibility index (Phi) is 4.53. The van der Waals surface area contributed by atoms with Gasteiger partial charge in [0.25, 0.3) is 0 Å². The van der Waals surface area contributed by atoms with Gasteiger partial charge in [-0.1, -0.05) is 36.4 Å². The van der Waals surface area contributed by atoms with E-state index in [2.05, 4.69) is 36.0 Å². The van der Waals surface area contributed by atoms with E-state index in [9.17, 15) is 8.42 Å². The Labute approximate surface area is 126 Å². The van der Waals surface area contributed by atoms with E-state index < -0.39 is 10.0 Å². The van der Waals surface area contributed by atoms with Crippen LogP contribution in [0.25, 0.3) is 0 Å². The van der Waals surface area contributed by atoms with Crippen molar-refractivity contribution in [3.63, 3.8) is 0 Å². The highest BCUT2D eigenvalue weighted by Gasteiger charge is 2.11. The first-order valence-corrected chi connectivity index (χ1v) is 8.65. The van der Waals surface area contributed by atoms with Crippen molar-refractivity contribution >= 4 is 21.4 Å². The maximum Gasteiger partial charge on any atom is 0.229 e. The molecule has 0 saturated carbocycles. The van der Waals surface area contributed by atoms with Crippen LogP contribution in [-0.4, -0.2) is 14.7 Å². The van der Waals surface area contributed by atoms with Crippen LogP contribution in [0.2, 0.25) is 0 Å². The number of rotatable bonds is 5. The Morgan fingerprint density at radius 1 is 0.952 bits per heavy atom. The summed E-state index contributed by atoms with van der Waals surface area (Å²) in [6, 6.07) is 15.5. The summed E-state index contributed by atoms with van der Waals surface area (Å²) in [7, 11) is -3.30. The Bertz CT molecular complexity index is 727. The zero-order valence-electron chi connectivity index (χ0n) is 12.4. The fourth-order valence-corrected chi connectivity index (χ4v) is 2.86. The second-order valence-corrected chi connectivity index (χ2v) is 6.89. The van der Waals surface area contributed by atoms with Gasteiger partial charge >= 0.3 is 0 Å². The van der Waals surface area contributed by atoms with Crippen molar-refractivity contribution in [2.45, 2.75) is 19.9 Å². The second kappa shape index (κ2) is 6.18. The molecule has 0 heterocycles. The average Bonchev–Trinajstić information content (AvgIpc) is 2.40. The molecule has 1 unspecified atom stereocenters. The number of aryl methyl sites for hydroxylation is 1. The van der Waals surface area contributed by atoms with Crippen LogP contribution in [0.5, 0.6) is 0 Å². The van der Waals surface area contributed by atoms with Gasteiger partial charge in [-0.25, -0.2) is 8.42 Å². The predicted octanol–water partition coefficient (Wildman–Crippen LogP) is 3.54. The third-order valence-corrected chi connectivity index (χ3v) is 3.84. The summed E-state index contributed by atoms with van der Waals surface area (Å²) < 4.78 is 25.4. The zero-order chi connectivity index (χ0) is 15.5. The molecule has 112 valence electrons. The van der Waals surface area contributed by atoms with Gasteiger partial charge in [-0.05, 0) is 37.1 Å². The highest BCUT2D eigenvalue weighted by atomic mass is 32.2. The molecule has 0 aromatic heterocycles. The van der Waals surface area contributed by atoms with E-state index in [1.165, 1.54) is 11.1 Å². The molecule has 5 heteroatoms. The molecule has 0 amide bonds. The minimum absolute atomic E-state index is 0.0775. The van der Waals surface area contributed by atoms with Gasteiger partial charge in [0.05, 0.1) is 17.6 Å². The SMILES string of the molecule is Cc1ccccc1C(C)Nc1ccccc1NS(C)(=O)=O. The van der Waals surface area contributed by atoms with E-state index in [1.807, 2.05) is 24.3 Å². The van der Waals surface area contributed by atoms with Crippen LogP contribution in [-0.2, 0) is 10.0 Å². The molecule has 0 aliphatic rings. The predicted molar refractivity (Wildman–Crippen MR) is 88.1 cm³/mol. The third kappa shape index (κ3) is 4.23. The van der Waals surface area contributed by atoms with Gasteiger partial charge in [0.2, 0.25) is 10.0 Å². The largest absolute Gasteiger partial charge is 0.377 e. The lowest BCUT2D eigenvalue weighted by atomic mass is 10.0. The molecule has 4 nitrogen and oxygen atoms in total. The zero-order valence-corrected chi connectivity index (χ0v) is 13.2. The molecule has 0 saturated heterocycles. The van der Waals surface area contributed by atoms with E-state index >= 15 is 0 Å². The molecule has 0 radical (unpaired) electrons. The summed E-state index contributed by atoms with van der Waals surface area (Å²) in [5.41, 5.74) is 3.71. The molecule has 2 N–H and O–H groups in total. The Hall–Kier alpha value is -2.01. The molecule has 21 heavy (non-hydrogen) atoms. The van der Waals surface area contributed by atoms with E-state index in [0.717, 1.165) is 11.9 Å². The van der Waals surface area contributed by atoms with Gasteiger partial charge in [0.1, 0.15) is 0 Å². The maximum atomic E-state index is 11.4. The van der Waals surface area contributed by atoms with E-state index in [1.54, 1.807) is 12.1 Å². The molecule has 0 spiro atoms. The number of hydrogen-bond donors (Lipinski definition) is 2. The highest BCUT2D eigenvalue weighted by Crippen LogP contribution is 2.27. The first-order chi connectivity index (χ1) is 9.87. The fourth-order valence-electron chi connectivity index (χ4n) is 2.28. The molecule has 2 aromatic carbocycles. The lowest BCUT2D eigenvalue weighted by molar-refractivity contribution is 0.607. The molecule has 2 rings (SSSR count). The third-order valence-electron chi connectivity index (χ3n) is 3.25. The summed E-state index contributed by atoms with van der Waals surface area (Å²) in [6.45, 7) is 4.12. The summed E-state index contributed by atoms with van der Waals surface area (Å²) in [5.74, 6) is 0. The minimum atomic E-state index is -3.30. The van der Waals surface area contributed by atoms with Crippen LogP contribution in [0.1, 0.15) is 24.1 Å².